The van der Waals surface area contributed by atoms with E-state index in [1.54, 1.807) is 6.07 Å². The molecule has 0 aromatic carbocycles. The standard InChI is InChI=1S/C13H14Cl2N2O3/c1-4-17(5-2)12-9-7(6-8(14)16-11(9)15)10(20-12)13(18)19-3/h6H,4-5H2,1-3H3. The molecule has 0 bridgehead atoms. The molecule has 0 fully saturated rings. The number of ether oxygens (including phenoxy) is 1. The molecule has 0 N–H and O–H groups in total. The molecule has 0 radical (unpaired) electrons. The number of hydrogen-bond donors (Lipinski definition) is 0. The van der Waals surface area contributed by atoms with Gasteiger partial charge in [0, 0.05) is 18.5 Å². The average Bonchev–Trinajstić information content (AvgIpc) is 2.79. The van der Waals surface area contributed by atoms with Crippen LogP contribution in [-0.2, 0) is 4.74 Å². The Morgan fingerprint density at radius 3 is 2.60 bits per heavy atom. The summed E-state index contributed by atoms with van der Waals surface area (Å²) in [5.74, 6) is 0.00176. The summed E-state index contributed by atoms with van der Waals surface area (Å²) >= 11 is 12.0. The van der Waals surface area contributed by atoms with Crippen LogP contribution in [0.25, 0.3) is 10.8 Å². The molecular weight excluding hydrogens is 303 g/mol. The van der Waals surface area contributed by atoms with Crippen LogP contribution < -0.4 is 4.90 Å². The van der Waals surface area contributed by atoms with Crippen LogP contribution in [0.15, 0.2) is 10.5 Å². The van der Waals surface area contributed by atoms with E-state index in [0.29, 0.717) is 29.7 Å². The van der Waals surface area contributed by atoms with E-state index in [4.69, 9.17) is 32.4 Å². The molecular formula is C13H14Cl2N2O3. The number of hydrogen-bond acceptors (Lipinski definition) is 5. The van der Waals surface area contributed by atoms with Crippen LogP contribution in [-0.4, -0.2) is 31.2 Å². The number of furan rings is 1. The van der Waals surface area contributed by atoms with E-state index in [1.165, 1.54) is 7.11 Å². The first-order valence-corrected chi connectivity index (χ1v) is 6.90. The minimum Gasteiger partial charge on any atom is -0.463 e. The molecule has 2 aromatic heterocycles. The summed E-state index contributed by atoms with van der Waals surface area (Å²) < 4.78 is 10.4. The van der Waals surface area contributed by atoms with E-state index >= 15 is 0 Å². The summed E-state index contributed by atoms with van der Waals surface area (Å²) in [5.41, 5.74) is 0. The molecule has 0 aliphatic rings. The maximum Gasteiger partial charge on any atom is 0.374 e. The fourth-order valence-corrected chi connectivity index (χ4v) is 2.56. The molecule has 0 aliphatic heterocycles. The van der Waals surface area contributed by atoms with Crippen molar-refractivity contribution < 1.29 is 13.9 Å². The highest BCUT2D eigenvalue weighted by Gasteiger charge is 2.25. The van der Waals surface area contributed by atoms with E-state index in [1.807, 2.05) is 18.7 Å². The van der Waals surface area contributed by atoms with Crippen molar-refractivity contribution in [3.63, 3.8) is 0 Å². The van der Waals surface area contributed by atoms with Gasteiger partial charge in [-0.2, -0.15) is 0 Å². The van der Waals surface area contributed by atoms with Crippen LogP contribution in [0.5, 0.6) is 0 Å². The van der Waals surface area contributed by atoms with Gasteiger partial charge in [0.1, 0.15) is 10.3 Å². The summed E-state index contributed by atoms with van der Waals surface area (Å²) in [7, 11) is 1.29. The van der Waals surface area contributed by atoms with Crippen molar-refractivity contribution in [2.24, 2.45) is 0 Å². The third-order valence-electron chi connectivity index (χ3n) is 3.02. The minimum atomic E-state index is -0.577. The zero-order chi connectivity index (χ0) is 14.9. The highest BCUT2D eigenvalue weighted by molar-refractivity contribution is 6.38. The Bertz CT molecular complexity index is 651. The van der Waals surface area contributed by atoms with Crippen LogP contribution in [0.3, 0.4) is 0 Å². The number of esters is 1. The molecule has 2 aromatic rings. The van der Waals surface area contributed by atoms with Crippen molar-refractivity contribution in [2.75, 3.05) is 25.1 Å². The molecule has 0 saturated carbocycles. The number of carbonyl (C=O) groups is 1. The fraction of sp³-hybridized carbons (Fsp3) is 0.385. The molecule has 0 atom stereocenters. The molecule has 5 nitrogen and oxygen atoms in total. The lowest BCUT2D eigenvalue weighted by atomic mass is 10.2. The van der Waals surface area contributed by atoms with Crippen LogP contribution in [0, 0.1) is 0 Å². The Balaban J connectivity index is 2.79. The van der Waals surface area contributed by atoms with E-state index < -0.39 is 5.97 Å². The molecule has 108 valence electrons. The van der Waals surface area contributed by atoms with Gasteiger partial charge in [-0.1, -0.05) is 23.2 Å². The minimum absolute atomic E-state index is 0.0793. The number of halogens is 2. The zero-order valence-electron chi connectivity index (χ0n) is 11.4. The average molecular weight is 317 g/mol. The Labute approximate surface area is 126 Å². The van der Waals surface area contributed by atoms with E-state index in [2.05, 4.69) is 4.98 Å². The highest BCUT2D eigenvalue weighted by atomic mass is 35.5. The molecule has 0 unspecified atom stereocenters. The van der Waals surface area contributed by atoms with Crippen molar-refractivity contribution in [2.45, 2.75) is 13.8 Å². The highest BCUT2D eigenvalue weighted by Crippen LogP contribution is 2.38. The third kappa shape index (κ3) is 2.43. The van der Waals surface area contributed by atoms with Crippen molar-refractivity contribution in [3.8, 4) is 0 Å². The van der Waals surface area contributed by atoms with E-state index in [0.717, 1.165) is 0 Å². The predicted octanol–water partition coefficient (Wildman–Crippen LogP) is 3.77. The normalized spacial score (nSPS) is 10.8. The Morgan fingerprint density at radius 1 is 1.40 bits per heavy atom. The van der Waals surface area contributed by atoms with Gasteiger partial charge in [-0.25, -0.2) is 9.78 Å². The van der Waals surface area contributed by atoms with Crippen LogP contribution >= 0.6 is 23.2 Å². The largest absolute Gasteiger partial charge is 0.463 e. The third-order valence-corrected chi connectivity index (χ3v) is 3.49. The maximum atomic E-state index is 11.8. The van der Waals surface area contributed by atoms with Gasteiger partial charge in [-0.3, -0.25) is 0 Å². The summed E-state index contributed by atoms with van der Waals surface area (Å²) in [6.45, 7) is 5.37. The van der Waals surface area contributed by atoms with Crippen molar-refractivity contribution in [3.05, 3.63) is 22.1 Å². The molecule has 7 heteroatoms. The number of anilines is 1. The Hall–Kier alpha value is -1.46. The number of carbonyl (C=O) groups excluding carboxylic acids is 1. The lowest BCUT2D eigenvalue weighted by Gasteiger charge is -2.17. The fourth-order valence-electron chi connectivity index (χ4n) is 2.05. The molecule has 0 spiro atoms. The molecule has 2 rings (SSSR count). The number of nitrogens with zero attached hydrogens (tertiary/aromatic N) is 2. The van der Waals surface area contributed by atoms with Gasteiger partial charge in [0.05, 0.1) is 12.5 Å². The van der Waals surface area contributed by atoms with Crippen LogP contribution in [0.4, 0.5) is 5.88 Å². The first kappa shape index (κ1) is 14.9. The quantitative estimate of drug-likeness (QED) is 0.635. The smallest absolute Gasteiger partial charge is 0.374 e. The summed E-state index contributed by atoms with van der Waals surface area (Å²) in [4.78, 5) is 17.8. The lowest BCUT2D eigenvalue weighted by Crippen LogP contribution is -2.21. The van der Waals surface area contributed by atoms with Gasteiger partial charge in [0.15, 0.2) is 0 Å². The maximum absolute atomic E-state index is 11.8. The Morgan fingerprint density at radius 2 is 2.05 bits per heavy atom. The number of rotatable bonds is 4. The molecule has 0 saturated heterocycles. The lowest BCUT2D eigenvalue weighted by molar-refractivity contribution is 0.0569. The van der Waals surface area contributed by atoms with E-state index in [-0.39, 0.29) is 16.1 Å². The molecule has 0 amide bonds. The zero-order valence-corrected chi connectivity index (χ0v) is 12.9. The molecule has 0 aliphatic carbocycles. The van der Waals surface area contributed by atoms with Gasteiger partial charge in [0.25, 0.3) is 0 Å². The second kappa shape index (κ2) is 5.89. The second-order valence-electron chi connectivity index (χ2n) is 4.06. The summed E-state index contributed by atoms with van der Waals surface area (Å²) in [6.07, 6.45) is 0. The summed E-state index contributed by atoms with van der Waals surface area (Å²) in [6, 6.07) is 1.55. The first-order valence-electron chi connectivity index (χ1n) is 6.15. The van der Waals surface area contributed by atoms with Gasteiger partial charge >= 0.3 is 5.97 Å². The first-order chi connectivity index (χ1) is 9.53. The molecule has 2 heterocycles. The monoisotopic (exact) mass is 316 g/mol. The van der Waals surface area contributed by atoms with Crippen LogP contribution in [0.2, 0.25) is 10.3 Å². The number of pyridine rings is 1. The second-order valence-corrected chi connectivity index (χ2v) is 4.80. The van der Waals surface area contributed by atoms with E-state index in [9.17, 15) is 4.79 Å². The van der Waals surface area contributed by atoms with Crippen molar-refractivity contribution in [1.29, 1.82) is 0 Å². The van der Waals surface area contributed by atoms with Crippen molar-refractivity contribution in [1.82, 2.24) is 4.98 Å². The Kier molecular flexibility index (Phi) is 4.40. The number of fused-ring (bicyclic) bond motifs is 1. The van der Waals surface area contributed by atoms with Crippen molar-refractivity contribution >= 4 is 45.8 Å². The summed E-state index contributed by atoms with van der Waals surface area (Å²) in [5, 5.41) is 1.47. The number of aromatic nitrogens is 1. The topological polar surface area (TPSA) is 55.6 Å². The van der Waals surface area contributed by atoms with Gasteiger partial charge in [0.2, 0.25) is 11.6 Å². The SMILES string of the molecule is CCN(CC)c1oc(C(=O)OC)c2cc(Cl)nc(Cl)c12. The van der Waals surface area contributed by atoms with Gasteiger partial charge < -0.3 is 14.1 Å². The molecule has 20 heavy (non-hydrogen) atoms. The predicted molar refractivity (Wildman–Crippen MR) is 78.9 cm³/mol. The van der Waals surface area contributed by atoms with Crippen LogP contribution in [0.1, 0.15) is 24.4 Å². The number of methoxy groups -OCH3 is 1. The van der Waals surface area contributed by atoms with Gasteiger partial charge in [-0.15, -0.1) is 0 Å². The van der Waals surface area contributed by atoms with Gasteiger partial charge in [-0.05, 0) is 19.9 Å².